The summed E-state index contributed by atoms with van der Waals surface area (Å²) in [4.78, 5) is 24.1. The molecule has 4 atom stereocenters. The number of carbonyl (C=O) groups excluding carboxylic acids is 2. The summed E-state index contributed by atoms with van der Waals surface area (Å²) in [6.07, 6.45) is 10.1. The second-order valence-electron chi connectivity index (χ2n) is 6.76. The van der Waals surface area contributed by atoms with Crippen LogP contribution in [-0.4, -0.2) is 24.1 Å². The van der Waals surface area contributed by atoms with Crippen molar-refractivity contribution in [1.29, 1.82) is 0 Å². The van der Waals surface area contributed by atoms with Gasteiger partial charge in [0, 0.05) is 17.9 Å². The van der Waals surface area contributed by atoms with Crippen molar-refractivity contribution in [3.8, 4) is 0 Å². The molecule has 2 aliphatic carbocycles. The molecule has 0 N–H and O–H groups in total. The van der Waals surface area contributed by atoms with E-state index in [-0.39, 0.29) is 35.1 Å². The quantitative estimate of drug-likeness (QED) is 0.427. The van der Waals surface area contributed by atoms with Gasteiger partial charge in [0.15, 0.2) is 5.78 Å². The van der Waals surface area contributed by atoms with Gasteiger partial charge in [-0.3, -0.25) is 4.79 Å². The third kappa shape index (κ3) is 3.79. The Hall–Kier alpha value is -1.29. The van der Waals surface area contributed by atoms with Crippen molar-refractivity contribution < 1.29 is 14.3 Å². The van der Waals surface area contributed by atoms with Gasteiger partial charge in [0.2, 0.25) is 0 Å². The first-order chi connectivity index (χ1) is 10.9. The molecule has 0 aromatic heterocycles. The second-order valence-corrected chi connectivity index (χ2v) is 7.50. The Labute approximate surface area is 143 Å². The number of allylic oxidation sites excluding steroid dienone is 3. The maximum absolute atomic E-state index is 12.2. The highest BCUT2D eigenvalue weighted by Crippen LogP contribution is 2.52. The molecule has 0 aromatic carbocycles. The molecule has 0 spiro atoms. The largest absolute Gasteiger partial charge is 0.459 e. The minimum atomic E-state index is -0.276. The van der Waals surface area contributed by atoms with Crippen LogP contribution < -0.4 is 0 Å². The van der Waals surface area contributed by atoms with Crippen LogP contribution in [-0.2, 0) is 14.3 Å². The van der Waals surface area contributed by atoms with Crippen molar-refractivity contribution in [2.45, 2.75) is 45.6 Å². The monoisotopic (exact) mass is 334 g/mol. The molecule has 2 rings (SSSR count). The van der Waals surface area contributed by atoms with Crippen LogP contribution in [0.5, 0.6) is 0 Å². The molecule has 23 heavy (non-hydrogen) atoms. The molecule has 0 unspecified atom stereocenters. The zero-order valence-electron chi connectivity index (χ0n) is 14.2. The highest BCUT2D eigenvalue weighted by molar-refractivity contribution is 8.01. The lowest BCUT2D eigenvalue weighted by Crippen LogP contribution is -2.46. The number of thioether (sulfide) groups is 1. The summed E-state index contributed by atoms with van der Waals surface area (Å²) < 4.78 is 5.67. The van der Waals surface area contributed by atoms with Gasteiger partial charge < -0.3 is 4.74 Å². The lowest BCUT2D eigenvalue weighted by molar-refractivity contribution is -0.150. The van der Waals surface area contributed by atoms with Crippen molar-refractivity contribution >= 4 is 23.5 Å². The van der Waals surface area contributed by atoms with Gasteiger partial charge in [-0.15, -0.1) is 18.3 Å². The SMILES string of the molecule is C=CC[C@@H]1C[C@@]2(C)C(=CC1=O)CC[C@@H](OC(=O)/C=C\SC)[C@@H]2C. The van der Waals surface area contributed by atoms with E-state index in [4.69, 9.17) is 4.74 Å². The van der Waals surface area contributed by atoms with Gasteiger partial charge in [-0.05, 0) is 48.8 Å². The summed E-state index contributed by atoms with van der Waals surface area (Å²) in [6, 6.07) is 0. The predicted molar refractivity (Wildman–Crippen MR) is 95.1 cm³/mol. The number of rotatable bonds is 5. The Morgan fingerprint density at radius 2 is 2.30 bits per heavy atom. The number of ether oxygens (including phenoxy) is 1. The highest BCUT2D eigenvalue weighted by atomic mass is 32.2. The minimum absolute atomic E-state index is 0.00883. The summed E-state index contributed by atoms with van der Waals surface area (Å²) in [6.45, 7) is 8.12. The molecule has 126 valence electrons. The van der Waals surface area contributed by atoms with E-state index in [1.807, 2.05) is 18.4 Å². The van der Waals surface area contributed by atoms with Crippen LogP contribution in [0.15, 0.2) is 35.8 Å². The van der Waals surface area contributed by atoms with Crippen LogP contribution in [0.4, 0.5) is 0 Å². The summed E-state index contributed by atoms with van der Waals surface area (Å²) in [5, 5.41) is 1.74. The molecule has 0 saturated heterocycles. The predicted octanol–water partition coefficient (Wildman–Crippen LogP) is 4.30. The smallest absolute Gasteiger partial charge is 0.331 e. The fraction of sp³-hybridized carbons (Fsp3) is 0.579. The van der Waals surface area contributed by atoms with Crippen LogP contribution in [0.3, 0.4) is 0 Å². The first kappa shape index (κ1) is 18.1. The first-order valence-corrected chi connectivity index (χ1v) is 9.47. The summed E-state index contributed by atoms with van der Waals surface area (Å²) in [5.41, 5.74) is 1.15. The average Bonchev–Trinajstić information content (AvgIpc) is 2.51. The lowest BCUT2D eigenvalue weighted by atomic mass is 9.57. The van der Waals surface area contributed by atoms with Crippen LogP contribution >= 0.6 is 11.8 Å². The summed E-state index contributed by atoms with van der Waals surface area (Å²) >= 11 is 1.48. The topological polar surface area (TPSA) is 43.4 Å². The molecular weight excluding hydrogens is 308 g/mol. The average molecular weight is 334 g/mol. The van der Waals surface area contributed by atoms with Crippen molar-refractivity contribution in [3.63, 3.8) is 0 Å². The van der Waals surface area contributed by atoms with Crippen LogP contribution in [0.1, 0.15) is 39.5 Å². The van der Waals surface area contributed by atoms with E-state index < -0.39 is 0 Å². The maximum atomic E-state index is 12.2. The normalized spacial score (nSPS) is 34.0. The van der Waals surface area contributed by atoms with Crippen LogP contribution in [0.25, 0.3) is 0 Å². The van der Waals surface area contributed by atoms with Crippen molar-refractivity contribution in [2.24, 2.45) is 17.3 Å². The van der Waals surface area contributed by atoms with E-state index in [0.29, 0.717) is 6.42 Å². The number of ketones is 1. The second kappa shape index (κ2) is 7.52. The standard InChI is InChI=1S/C19H26O3S/c1-5-6-14-12-19(3)13(2)17(22-18(21)9-10-23-4)8-7-15(19)11-16(14)20/h5,9-11,13-14,17H,1,6-8,12H2,2-4H3/b10-9-/t13-,14+,17+,19+/m0/s1. The zero-order valence-corrected chi connectivity index (χ0v) is 15.0. The van der Waals surface area contributed by atoms with Gasteiger partial charge in [-0.2, -0.15) is 0 Å². The Balaban J connectivity index is 2.16. The Bertz CT molecular complexity index is 549. The Kier molecular flexibility index (Phi) is 5.90. The molecule has 1 saturated carbocycles. The van der Waals surface area contributed by atoms with Gasteiger partial charge in [0.25, 0.3) is 0 Å². The van der Waals surface area contributed by atoms with E-state index in [2.05, 4.69) is 20.4 Å². The maximum Gasteiger partial charge on any atom is 0.331 e. The van der Waals surface area contributed by atoms with E-state index >= 15 is 0 Å². The molecular formula is C19H26O3S. The van der Waals surface area contributed by atoms with Crippen LogP contribution in [0, 0.1) is 17.3 Å². The van der Waals surface area contributed by atoms with E-state index in [1.165, 1.54) is 23.4 Å². The first-order valence-electron chi connectivity index (χ1n) is 8.18. The van der Waals surface area contributed by atoms with Crippen molar-refractivity contribution in [1.82, 2.24) is 0 Å². The molecule has 0 aromatic rings. The molecule has 2 aliphatic rings. The molecule has 0 radical (unpaired) electrons. The molecule has 4 heteroatoms. The highest BCUT2D eigenvalue weighted by Gasteiger charge is 2.48. The lowest BCUT2D eigenvalue weighted by Gasteiger charge is -2.49. The fourth-order valence-electron chi connectivity index (χ4n) is 3.87. The van der Waals surface area contributed by atoms with Crippen molar-refractivity contribution in [2.75, 3.05) is 6.26 Å². The molecule has 0 aliphatic heterocycles. The molecule has 1 fully saturated rings. The number of hydrogen-bond donors (Lipinski definition) is 0. The summed E-state index contributed by atoms with van der Waals surface area (Å²) in [7, 11) is 0. The fourth-order valence-corrected chi connectivity index (χ4v) is 4.11. The third-order valence-electron chi connectivity index (χ3n) is 5.44. The Morgan fingerprint density at radius 1 is 1.57 bits per heavy atom. The van der Waals surface area contributed by atoms with Gasteiger partial charge in [-0.25, -0.2) is 4.79 Å². The number of carbonyl (C=O) groups is 2. The van der Waals surface area contributed by atoms with E-state index in [1.54, 1.807) is 5.41 Å². The van der Waals surface area contributed by atoms with Gasteiger partial charge in [0.05, 0.1) is 0 Å². The molecule has 0 heterocycles. The van der Waals surface area contributed by atoms with Gasteiger partial charge >= 0.3 is 5.97 Å². The van der Waals surface area contributed by atoms with Gasteiger partial charge in [-0.1, -0.05) is 25.5 Å². The number of esters is 1. The number of hydrogen-bond acceptors (Lipinski definition) is 4. The zero-order chi connectivity index (χ0) is 17.0. The molecule has 0 amide bonds. The molecule has 3 nitrogen and oxygen atoms in total. The van der Waals surface area contributed by atoms with Crippen molar-refractivity contribution in [3.05, 3.63) is 35.8 Å². The number of fused-ring (bicyclic) bond motifs is 1. The van der Waals surface area contributed by atoms with Crippen LogP contribution in [0.2, 0.25) is 0 Å². The van der Waals surface area contributed by atoms with E-state index in [0.717, 1.165) is 19.3 Å². The Morgan fingerprint density at radius 3 is 2.96 bits per heavy atom. The third-order valence-corrected chi connectivity index (χ3v) is 5.85. The van der Waals surface area contributed by atoms with Gasteiger partial charge in [0.1, 0.15) is 6.10 Å². The van der Waals surface area contributed by atoms with E-state index in [9.17, 15) is 9.59 Å². The molecule has 0 bridgehead atoms. The summed E-state index contributed by atoms with van der Waals surface area (Å²) in [5.74, 6) is 0.161. The minimum Gasteiger partial charge on any atom is -0.459 e.